The standard InChI is InChI=1S/C13H8F15N3O2/c14-7(15,5-29-6(33-30-5)31-1-3-32-4-2-31)8(16,17)9(18,19)10(20,21)11(22,23)12(24,25)13(26,27)28/h1-4H2. The van der Waals surface area contributed by atoms with E-state index in [4.69, 9.17) is 4.74 Å². The van der Waals surface area contributed by atoms with Gasteiger partial charge >= 0.3 is 47.7 Å². The van der Waals surface area contributed by atoms with Gasteiger partial charge in [0.2, 0.25) is 5.82 Å². The van der Waals surface area contributed by atoms with Crippen molar-refractivity contribution in [2.75, 3.05) is 31.2 Å². The molecule has 0 spiro atoms. The Balaban J connectivity index is 2.50. The molecule has 20 heteroatoms. The van der Waals surface area contributed by atoms with E-state index in [9.17, 15) is 65.9 Å². The molecule has 0 amide bonds. The normalized spacial score (nSPS) is 18.1. The molecule has 1 aromatic rings. The molecule has 1 aliphatic heterocycles. The molecule has 2 heterocycles. The number of ether oxygens (including phenoxy) is 1. The maximum Gasteiger partial charge on any atom is 0.460 e. The number of rotatable bonds is 7. The molecule has 2 rings (SSSR count). The van der Waals surface area contributed by atoms with Crippen LogP contribution >= 0.6 is 0 Å². The first-order valence-electron chi connectivity index (χ1n) is 8.08. The van der Waals surface area contributed by atoms with Crippen LogP contribution in [0.5, 0.6) is 0 Å². The third-order valence-corrected chi connectivity index (χ3v) is 4.31. The summed E-state index contributed by atoms with van der Waals surface area (Å²) >= 11 is 0. The number of alkyl halides is 15. The van der Waals surface area contributed by atoms with Gasteiger partial charge in [-0.25, -0.2) is 0 Å². The molecular formula is C13H8F15N3O2. The van der Waals surface area contributed by atoms with Crippen LogP contribution in [0.1, 0.15) is 5.82 Å². The molecule has 0 aliphatic carbocycles. The molecule has 33 heavy (non-hydrogen) atoms. The first-order chi connectivity index (χ1) is 14.6. The van der Waals surface area contributed by atoms with Crippen LogP contribution in [0.15, 0.2) is 4.52 Å². The van der Waals surface area contributed by atoms with Crippen molar-refractivity contribution in [2.24, 2.45) is 0 Å². The monoisotopic (exact) mass is 523 g/mol. The fourth-order valence-corrected chi connectivity index (χ4v) is 2.33. The zero-order valence-electron chi connectivity index (χ0n) is 15.2. The number of aromatic nitrogens is 2. The summed E-state index contributed by atoms with van der Waals surface area (Å²) < 4.78 is 207. The van der Waals surface area contributed by atoms with Crippen molar-refractivity contribution in [2.45, 2.75) is 41.7 Å². The molecule has 1 aromatic heterocycles. The Hall–Kier alpha value is -2.15. The minimum absolute atomic E-state index is 0.100. The summed E-state index contributed by atoms with van der Waals surface area (Å²) in [6.07, 6.45) is -7.66. The van der Waals surface area contributed by atoms with Crippen LogP contribution in [0.25, 0.3) is 0 Å². The highest BCUT2D eigenvalue weighted by Crippen LogP contribution is 2.63. The van der Waals surface area contributed by atoms with Gasteiger partial charge in [0.05, 0.1) is 13.2 Å². The van der Waals surface area contributed by atoms with Crippen molar-refractivity contribution >= 4 is 6.01 Å². The summed E-state index contributed by atoms with van der Waals surface area (Å²) in [5, 5.41) is 2.18. The highest BCUT2D eigenvalue weighted by atomic mass is 19.4. The van der Waals surface area contributed by atoms with Gasteiger partial charge in [0.15, 0.2) is 0 Å². The Labute approximate surface area is 171 Å². The average Bonchev–Trinajstić information content (AvgIpc) is 3.18. The summed E-state index contributed by atoms with van der Waals surface area (Å²) in [6.45, 7) is -0.596. The van der Waals surface area contributed by atoms with Gasteiger partial charge in [0, 0.05) is 13.1 Å². The first-order valence-corrected chi connectivity index (χ1v) is 8.08. The highest BCUT2D eigenvalue weighted by molar-refractivity contribution is 5.27. The van der Waals surface area contributed by atoms with Crippen molar-refractivity contribution in [3.63, 3.8) is 0 Å². The molecule has 0 bridgehead atoms. The fourth-order valence-electron chi connectivity index (χ4n) is 2.33. The largest absolute Gasteiger partial charge is 0.460 e. The lowest BCUT2D eigenvalue weighted by Crippen LogP contribution is -2.72. The van der Waals surface area contributed by atoms with Crippen LogP contribution in [0, 0.1) is 0 Å². The minimum Gasteiger partial charge on any atom is -0.378 e. The maximum absolute atomic E-state index is 14.0. The summed E-state index contributed by atoms with van der Waals surface area (Å²) in [6, 6.07) is -1.05. The van der Waals surface area contributed by atoms with E-state index in [2.05, 4.69) is 14.7 Å². The molecule has 0 atom stereocenters. The summed E-state index contributed by atoms with van der Waals surface area (Å²) in [4.78, 5) is 3.46. The first kappa shape index (κ1) is 27.1. The van der Waals surface area contributed by atoms with E-state index >= 15 is 0 Å². The molecule has 1 fully saturated rings. The molecule has 0 radical (unpaired) electrons. The highest BCUT2D eigenvalue weighted by Gasteiger charge is 2.93. The molecule has 0 N–H and O–H groups in total. The lowest BCUT2D eigenvalue weighted by molar-refractivity contribution is -0.454. The molecule has 5 nitrogen and oxygen atoms in total. The zero-order valence-corrected chi connectivity index (χ0v) is 15.2. The van der Waals surface area contributed by atoms with Crippen molar-refractivity contribution in [1.29, 1.82) is 0 Å². The van der Waals surface area contributed by atoms with Gasteiger partial charge in [-0.05, 0) is 0 Å². The third kappa shape index (κ3) is 3.72. The van der Waals surface area contributed by atoms with E-state index < -0.39 is 53.6 Å². The van der Waals surface area contributed by atoms with Crippen molar-refractivity contribution in [3.05, 3.63) is 5.82 Å². The fraction of sp³-hybridized carbons (Fsp3) is 0.846. The second kappa shape index (κ2) is 7.69. The quantitative estimate of drug-likeness (QED) is 0.484. The Kier molecular flexibility index (Phi) is 6.31. The Morgan fingerprint density at radius 1 is 0.606 bits per heavy atom. The van der Waals surface area contributed by atoms with E-state index in [0.717, 1.165) is 4.90 Å². The van der Waals surface area contributed by atoms with Gasteiger partial charge < -0.3 is 14.2 Å². The van der Waals surface area contributed by atoms with Crippen LogP contribution in [0.4, 0.5) is 71.9 Å². The smallest absolute Gasteiger partial charge is 0.378 e. The van der Waals surface area contributed by atoms with Crippen LogP contribution in [0.2, 0.25) is 0 Å². The summed E-state index contributed by atoms with van der Waals surface area (Å²) in [5.41, 5.74) is 0. The molecule has 1 saturated heterocycles. The molecule has 1 aliphatic rings. The molecule has 192 valence electrons. The lowest BCUT2D eigenvalue weighted by Gasteiger charge is -2.40. The average molecular weight is 523 g/mol. The third-order valence-electron chi connectivity index (χ3n) is 4.31. The van der Waals surface area contributed by atoms with Gasteiger partial charge in [-0.3, -0.25) is 0 Å². The van der Waals surface area contributed by atoms with Crippen LogP contribution < -0.4 is 4.90 Å². The molecule has 0 unspecified atom stereocenters. The predicted molar refractivity (Wildman–Crippen MR) is 72.0 cm³/mol. The Morgan fingerprint density at radius 3 is 1.48 bits per heavy atom. The predicted octanol–water partition coefficient (Wildman–Crippen LogP) is 4.74. The number of hydrogen-bond donors (Lipinski definition) is 0. The number of morpholine rings is 1. The summed E-state index contributed by atoms with van der Waals surface area (Å²) in [5.74, 6) is -50.1. The van der Waals surface area contributed by atoms with E-state index in [0.29, 0.717) is 0 Å². The Morgan fingerprint density at radius 2 is 1.03 bits per heavy atom. The SMILES string of the molecule is FC(F)(F)C(F)(F)C(F)(F)C(F)(F)C(F)(F)C(F)(F)C(F)(F)c1noc(N2CCOCC2)n1. The number of hydrogen-bond acceptors (Lipinski definition) is 5. The second-order valence-electron chi connectivity index (χ2n) is 6.44. The molecule has 0 saturated carbocycles. The van der Waals surface area contributed by atoms with E-state index in [1.54, 1.807) is 0 Å². The van der Waals surface area contributed by atoms with Crippen LogP contribution in [-0.2, 0) is 10.7 Å². The lowest BCUT2D eigenvalue weighted by atomic mass is 9.91. The minimum atomic E-state index is -8.37. The zero-order chi connectivity index (χ0) is 25.9. The van der Waals surface area contributed by atoms with E-state index in [1.807, 2.05) is 0 Å². The van der Waals surface area contributed by atoms with Crippen molar-refractivity contribution < 1.29 is 75.1 Å². The topological polar surface area (TPSA) is 51.4 Å². The Bertz CT molecular complexity index is 844. The van der Waals surface area contributed by atoms with Gasteiger partial charge in [-0.1, -0.05) is 5.16 Å². The van der Waals surface area contributed by atoms with Gasteiger partial charge in [-0.2, -0.15) is 70.8 Å². The maximum atomic E-state index is 14.0. The summed E-state index contributed by atoms with van der Waals surface area (Å²) in [7, 11) is 0. The number of anilines is 1. The number of nitrogens with zero attached hydrogens (tertiary/aromatic N) is 3. The van der Waals surface area contributed by atoms with Crippen LogP contribution in [0.3, 0.4) is 0 Å². The van der Waals surface area contributed by atoms with Gasteiger partial charge in [0.25, 0.3) is 0 Å². The second-order valence-corrected chi connectivity index (χ2v) is 6.44. The van der Waals surface area contributed by atoms with Gasteiger partial charge in [-0.15, -0.1) is 0 Å². The van der Waals surface area contributed by atoms with Crippen molar-refractivity contribution in [1.82, 2.24) is 10.1 Å². The number of halogens is 15. The molecule has 0 aromatic carbocycles. The molecular weight excluding hydrogens is 515 g/mol. The van der Waals surface area contributed by atoms with Crippen LogP contribution in [-0.4, -0.2) is 72.2 Å². The van der Waals surface area contributed by atoms with Crippen molar-refractivity contribution in [3.8, 4) is 0 Å². The van der Waals surface area contributed by atoms with E-state index in [-0.39, 0.29) is 26.3 Å². The van der Waals surface area contributed by atoms with Gasteiger partial charge in [0.1, 0.15) is 0 Å². The van der Waals surface area contributed by atoms with E-state index in [1.165, 1.54) is 0 Å².